The molecule has 1 aromatic heterocycles. The summed E-state index contributed by atoms with van der Waals surface area (Å²) in [6.45, 7) is 0. The second-order valence-corrected chi connectivity index (χ2v) is 6.78. The minimum atomic E-state index is -0.251. The summed E-state index contributed by atoms with van der Waals surface area (Å²) in [7, 11) is 0. The molecule has 1 aromatic carbocycles. The summed E-state index contributed by atoms with van der Waals surface area (Å²) in [4.78, 5) is 0.972. The van der Waals surface area contributed by atoms with Crippen LogP contribution in [0.15, 0.2) is 28.7 Å². The zero-order chi connectivity index (χ0) is 12.6. The molecule has 1 heterocycles. The first kappa shape index (κ1) is 13.7. The Labute approximate surface area is 127 Å². The molecular formula is C11H7BrCl3NS. The molecule has 17 heavy (non-hydrogen) atoms. The molecule has 2 aromatic rings. The average Bonchev–Trinajstić information content (AvgIpc) is 2.62. The van der Waals surface area contributed by atoms with E-state index in [-0.39, 0.29) is 6.04 Å². The largest absolute Gasteiger partial charge is 0.320 e. The summed E-state index contributed by atoms with van der Waals surface area (Å²) < 4.78 is 1.55. The number of hydrogen-bond acceptors (Lipinski definition) is 2. The fraction of sp³-hybridized carbons (Fsp3) is 0.0909. The molecule has 2 N–H and O–H groups in total. The molecule has 0 spiro atoms. The van der Waals surface area contributed by atoms with Crippen LogP contribution in [0.3, 0.4) is 0 Å². The zero-order valence-electron chi connectivity index (χ0n) is 8.38. The molecule has 0 bridgehead atoms. The van der Waals surface area contributed by atoms with Crippen LogP contribution in [0.2, 0.25) is 14.4 Å². The number of rotatable bonds is 2. The van der Waals surface area contributed by atoms with E-state index in [9.17, 15) is 0 Å². The maximum Gasteiger partial charge on any atom is 0.107 e. The Kier molecular flexibility index (Phi) is 4.40. The van der Waals surface area contributed by atoms with Gasteiger partial charge in [0.15, 0.2) is 0 Å². The van der Waals surface area contributed by atoms with Crippen molar-refractivity contribution in [3.05, 3.63) is 53.6 Å². The lowest BCUT2D eigenvalue weighted by Crippen LogP contribution is -2.09. The van der Waals surface area contributed by atoms with Gasteiger partial charge >= 0.3 is 0 Å². The minimum Gasteiger partial charge on any atom is -0.320 e. The quantitative estimate of drug-likeness (QED) is 0.739. The van der Waals surface area contributed by atoms with E-state index in [1.54, 1.807) is 12.1 Å². The number of halogens is 4. The Balaban J connectivity index is 2.36. The molecule has 0 saturated carbocycles. The van der Waals surface area contributed by atoms with Crippen molar-refractivity contribution >= 4 is 62.1 Å². The van der Waals surface area contributed by atoms with Crippen LogP contribution in [0.5, 0.6) is 0 Å². The molecule has 2 rings (SSSR count). The Morgan fingerprint density at radius 3 is 2.35 bits per heavy atom. The number of hydrogen-bond donors (Lipinski definition) is 1. The molecule has 0 saturated heterocycles. The highest BCUT2D eigenvalue weighted by Crippen LogP contribution is 2.37. The molecule has 1 unspecified atom stereocenters. The highest BCUT2D eigenvalue weighted by molar-refractivity contribution is 9.10. The topological polar surface area (TPSA) is 26.0 Å². The van der Waals surface area contributed by atoms with Crippen LogP contribution < -0.4 is 5.73 Å². The SMILES string of the molecule is NC(c1ccc(Cl)c(Cl)c1)c1cc(Br)c(Cl)s1. The van der Waals surface area contributed by atoms with Gasteiger partial charge in [-0.3, -0.25) is 0 Å². The molecule has 0 fully saturated rings. The van der Waals surface area contributed by atoms with Crippen LogP contribution in [-0.2, 0) is 0 Å². The Morgan fingerprint density at radius 2 is 1.82 bits per heavy atom. The third-order valence-corrected chi connectivity index (χ3v) is 5.57. The van der Waals surface area contributed by atoms with Gasteiger partial charge in [0.1, 0.15) is 4.34 Å². The van der Waals surface area contributed by atoms with Gasteiger partial charge in [0.05, 0.1) is 16.1 Å². The highest BCUT2D eigenvalue weighted by Gasteiger charge is 2.14. The van der Waals surface area contributed by atoms with Gasteiger partial charge in [-0.1, -0.05) is 40.9 Å². The van der Waals surface area contributed by atoms with Crippen molar-refractivity contribution in [1.82, 2.24) is 0 Å². The molecule has 0 radical (unpaired) electrons. The molecule has 0 aliphatic rings. The smallest absolute Gasteiger partial charge is 0.107 e. The van der Waals surface area contributed by atoms with Crippen LogP contribution in [0.1, 0.15) is 16.5 Å². The number of nitrogens with two attached hydrogens (primary N) is 1. The summed E-state index contributed by atoms with van der Waals surface area (Å²) in [6.07, 6.45) is 0. The lowest BCUT2D eigenvalue weighted by Gasteiger charge is -2.10. The van der Waals surface area contributed by atoms with Gasteiger partial charge in [0.25, 0.3) is 0 Å². The number of benzene rings is 1. The first-order chi connectivity index (χ1) is 7.99. The third-order valence-electron chi connectivity index (χ3n) is 2.27. The standard InChI is InChI=1S/C11H7BrCl3NS/c12-6-4-9(17-11(6)15)10(16)5-1-2-7(13)8(14)3-5/h1-4,10H,16H2. The fourth-order valence-corrected chi connectivity index (χ4v) is 3.46. The van der Waals surface area contributed by atoms with Crippen LogP contribution in [-0.4, -0.2) is 0 Å². The maximum atomic E-state index is 6.15. The predicted octanol–water partition coefficient (Wildman–Crippen LogP) is 5.52. The molecule has 0 aliphatic heterocycles. The lowest BCUT2D eigenvalue weighted by atomic mass is 10.1. The summed E-state index contributed by atoms with van der Waals surface area (Å²) in [5.41, 5.74) is 7.05. The molecule has 0 aliphatic carbocycles. The van der Waals surface area contributed by atoms with Crippen LogP contribution in [0, 0.1) is 0 Å². The van der Waals surface area contributed by atoms with Gasteiger partial charge in [-0.05, 0) is 39.7 Å². The van der Waals surface area contributed by atoms with Gasteiger partial charge < -0.3 is 5.73 Å². The van der Waals surface area contributed by atoms with Crippen molar-refractivity contribution in [2.75, 3.05) is 0 Å². The first-order valence-corrected chi connectivity index (χ1v) is 7.38. The van der Waals surface area contributed by atoms with E-state index < -0.39 is 0 Å². The third kappa shape index (κ3) is 2.98. The molecule has 90 valence electrons. The van der Waals surface area contributed by atoms with Crippen LogP contribution in [0.4, 0.5) is 0 Å². The van der Waals surface area contributed by atoms with Crippen molar-refractivity contribution in [3.8, 4) is 0 Å². The molecule has 6 heteroatoms. The summed E-state index contributed by atoms with van der Waals surface area (Å²) >= 11 is 22.6. The van der Waals surface area contributed by atoms with Gasteiger partial charge in [0.2, 0.25) is 0 Å². The highest BCUT2D eigenvalue weighted by atomic mass is 79.9. The van der Waals surface area contributed by atoms with Gasteiger partial charge in [-0.15, -0.1) is 11.3 Å². The Bertz CT molecular complexity index is 536. The van der Waals surface area contributed by atoms with Gasteiger partial charge in [-0.25, -0.2) is 0 Å². The van der Waals surface area contributed by atoms with E-state index in [1.807, 2.05) is 12.1 Å². The summed E-state index contributed by atoms with van der Waals surface area (Å²) in [6, 6.07) is 7.04. The van der Waals surface area contributed by atoms with Gasteiger partial charge in [-0.2, -0.15) is 0 Å². The Morgan fingerprint density at radius 1 is 1.12 bits per heavy atom. The van der Waals surface area contributed by atoms with Crippen molar-refractivity contribution in [2.24, 2.45) is 5.73 Å². The van der Waals surface area contributed by atoms with Gasteiger partial charge in [0, 0.05) is 9.35 Å². The van der Waals surface area contributed by atoms with E-state index >= 15 is 0 Å². The Hall–Kier alpha value is 0.230. The molecule has 0 amide bonds. The van der Waals surface area contributed by atoms with Crippen molar-refractivity contribution in [2.45, 2.75) is 6.04 Å². The van der Waals surface area contributed by atoms with E-state index in [0.717, 1.165) is 14.9 Å². The minimum absolute atomic E-state index is 0.251. The maximum absolute atomic E-state index is 6.15. The second kappa shape index (κ2) is 5.47. The van der Waals surface area contributed by atoms with E-state index in [1.165, 1.54) is 11.3 Å². The lowest BCUT2D eigenvalue weighted by molar-refractivity contribution is 0.893. The predicted molar refractivity (Wildman–Crippen MR) is 79.5 cm³/mol. The van der Waals surface area contributed by atoms with E-state index in [0.29, 0.717) is 14.4 Å². The van der Waals surface area contributed by atoms with Crippen molar-refractivity contribution < 1.29 is 0 Å². The van der Waals surface area contributed by atoms with Crippen LogP contribution >= 0.6 is 62.1 Å². The fourth-order valence-electron chi connectivity index (χ4n) is 1.39. The van der Waals surface area contributed by atoms with Crippen molar-refractivity contribution in [3.63, 3.8) is 0 Å². The monoisotopic (exact) mass is 369 g/mol. The number of thiophene rings is 1. The zero-order valence-corrected chi connectivity index (χ0v) is 13.1. The normalized spacial score (nSPS) is 12.8. The van der Waals surface area contributed by atoms with E-state index in [4.69, 9.17) is 40.5 Å². The van der Waals surface area contributed by atoms with E-state index in [2.05, 4.69) is 15.9 Å². The summed E-state index contributed by atoms with van der Waals surface area (Å²) in [5, 5.41) is 1.02. The van der Waals surface area contributed by atoms with Crippen molar-refractivity contribution in [1.29, 1.82) is 0 Å². The van der Waals surface area contributed by atoms with Crippen LogP contribution in [0.25, 0.3) is 0 Å². The molecule has 1 atom stereocenters. The molecule has 1 nitrogen and oxygen atoms in total. The second-order valence-electron chi connectivity index (χ2n) is 3.42. The molecular weight excluding hydrogens is 364 g/mol. The first-order valence-electron chi connectivity index (χ1n) is 4.64. The average molecular weight is 372 g/mol. The summed E-state index contributed by atoms with van der Waals surface area (Å²) in [5.74, 6) is 0.